The van der Waals surface area contributed by atoms with Crippen molar-refractivity contribution < 1.29 is 4.92 Å². The quantitative estimate of drug-likeness (QED) is 0.375. The van der Waals surface area contributed by atoms with E-state index in [1.54, 1.807) is 0 Å². The maximum atomic E-state index is 10.4. The molecule has 0 saturated heterocycles. The molecule has 3 nitrogen and oxygen atoms in total. The lowest BCUT2D eigenvalue weighted by Crippen LogP contribution is -1.91. The van der Waals surface area contributed by atoms with Crippen molar-refractivity contribution in [1.29, 1.82) is 0 Å². The van der Waals surface area contributed by atoms with Gasteiger partial charge < -0.3 is 0 Å². The van der Waals surface area contributed by atoms with E-state index in [4.69, 9.17) is 0 Å². The van der Waals surface area contributed by atoms with E-state index in [0.717, 1.165) is 9.13 Å². The first-order valence-electron chi connectivity index (χ1n) is 3.16. The molecule has 64 valence electrons. The van der Waals surface area contributed by atoms with Crippen LogP contribution in [0.25, 0.3) is 0 Å². The van der Waals surface area contributed by atoms with Crippen LogP contribution in [0.15, 0.2) is 17.0 Å². The predicted molar refractivity (Wildman–Crippen MR) is 57.8 cm³/mol. The Bertz CT molecular complexity index is 317. The zero-order chi connectivity index (χ0) is 9.30. The molecule has 0 bridgehead atoms. The number of hydrogen-bond acceptors (Lipinski definition) is 3. The molecule has 0 aromatic heterocycles. The largest absolute Gasteiger partial charge is 0.271 e. The zero-order valence-electron chi connectivity index (χ0n) is 6.24. The Hall–Kier alpha value is -0.300. The normalized spacial score (nSPS) is 9.92. The van der Waals surface area contributed by atoms with E-state index in [9.17, 15) is 10.1 Å². The second-order valence-corrected chi connectivity index (χ2v) is 3.97. The summed E-state index contributed by atoms with van der Waals surface area (Å²) in [7, 11) is 0. The minimum Gasteiger partial charge on any atom is -0.258 e. The smallest absolute Gasteiger partial charge is 0.258 e. The van der Waals surface area contributed by atoms with E-state index >= 15 is 0 Å². The summed E-state index contributed by atoms with van der Waals surface area (Å²) in [6, 6.07) is 3.00. The first kappa shape index (κ1) is 9.79. The summed E-state index contributed by atoms with van der Waals surface area (Å²) in [6.45, 7) is 1.88. The Labute approximate surface area is 88.9 Å². The molecule has 1 aromatic carbocycles. The average molecular weight is 295 g/mol. The van der Waals surface area contributed by atoms with Gasteiger partial charge in [0.05, 0.1) is 4.92 Å². The second kappa shape index (κ2) is 3.61. The first-order valence-corrected chi connectivity index (χ1v) is 4.68. The van der Waals surface area contributed by atoms with Crippen molar-refractivity contribution in [2.24, 2.45) is 0 Å². The van der Waals surface area contributed by atoms with Crippen LogP contribution in [-0.4, -0.2) is 4.92 Å². The molecule has 0 aliphatic carbocycles. The number of thiol groups is 1. The molecule has 0 aliphatic rings. The third-order valence-electron chi connectivity index (χ3n) is 1.51. The summed E-state index contributed by atoms with van der Waals surface area (Å²) in [5, 5.41) is 10.4. The highest BCUT2D eigenvalue weighted by atomic mass is 127. The van der Waals surface area contributed by atoms with Gasteiger partial charge in [0.2, 0.25) is 0 Å². The Morgan fingerprint density at radius 3 is 2.58 bits per heavy atom. The maximum absolute atomic E-state index is 10.4. The number of rotatable bonds is 1. The molecule has 0 N–H and O–H groups in total. The topological polar surface area (TPSA) is 43.1 Å². The number of nitro groups is 1. The van der Waals surface area contributed by atoms with E-state index < -0.39 is 4.92 Å². The van der Waals surface area contributed by atoms with Gasteiger partial charge in [0.1, 0.15) is 0 Å². The van der Waals surface area contributed by atoms with Gasteiger partial charge in [-0.1, -0.05) is 0 Å². The fourth-order valence-corrected chi connectivity index (χ4v) is 1.83. The van der Waals surface area contributed by atoms with Gasteiger partial charge in [0.25, 0.3) is 5.69 Å². The van der Waals surface area contributed by atoms with Crippen LogP contribution < -0.4 is 0 Å². The van der Waals surface area contributed by atoms with Crippen molar-refractivity contribution in [2.75, 3.05) is 0 Å². The molecule has 1 aromatic rings. The average Bonchev–Trinajstić information content (AvgIpc) is 1.99. The lowest BCUT2D eigenvalue weighted by molar-refractivity contribution is -0.385. The minimum atomic E-state index is -0.415. The Kier molecular flexibility index (Phi) is 2.94. The van der Waals surface area contributed by atoms with Crippen molar-refractivity contribution >= 4 is 40.9 Å². The highest BCUT2D eigenvalue weighted by Crippen LogP contribution is 2.25. The van der Waals surface area contributed by atoms with Crippen molar-refractivity contribution in [1.82, 2.24) is 0 Å². The molecule has 1 rings (SSSR count). The number of non-ortho nitro benzene ring substituents is 1. The van der Waals surface area contributed by atoms with Crippen LogP contribution in [0.4, 0.5) is 5.69 Å². The molecule has 0 radical (unpaired) electrons. The van der Waals surface area contributed by atoms with Crippen molar-refractivity contribution in [3.8, 4) is 0 Å². The summed E-state index contributed by atoms with van der Waals surface area (Å²) in [4.78, 5) is 10.6. The third kappa shape index (κ3) is 1.89. The van der Waals surface area contributed by atoms with Crippen molar-refractivity contribution in [3.05, 3.63) is 31.4 Å². The number of benzene rings is 1. The van der Waals surface area contributed by atoms with E-state index in [1.807, 2.05) is 6.92 Å². The molecule has 0 saturated carbocycles. The Morgan fingerprint density at radius 1 is 1.58 bits per heavy atom. The van der Waals surface area contributed by atoms with Crippen LogP contribution in [0.5, 0.6) is 0 Å². The summed E-state index contributed by atoms with van der Waals surface area (Å²) >= 11 is 6.18. The van der Waals surface area contributed by atoms with Gasteiger partial charge >= 0.3 is 0 Å². The number of nitro benzene ring substituents is 1. The molecule has 0 aliphatic heterocycles. The molecule has 0 fully saturated rings. The molecule has 0 atom stereocenters. The van der Waals surface area contributed by atoms with E-state index in [2.05, 4.69) is 35.2 Å². The minimum absolute atomic E-state index is 0.0926. The van der Waals surface area contributed by atoms with Crippen LogP contribution in [-0.2, 0) is 0 Å². The third-order valence-corrected chi connectivity index (χ3v) is 3.10. The zero-order valence-corrected chi connectivity index (χ0v) is 9.30. The summed E-state index contributed by atoms with van der Waals surface area (Å²) in [5.74, 6) is 0. The lowest BCUT2D eigenvalue weighted by Gasteiger charge is -2.00. The van der Waals surface area contributed by atoms with E-state index in [1.165, 1.54) is 12.1 Å². The molecular weight excluding hydrogens is 289 g/mol. The molecule has 0 heterocycles. The van der Waals surface area contributed by atoms with Crippen molar-refractivity contribution in [2.45, 2.75) is 11.8 Å². The molecular formula is C7H6INO2S. The highest BCUT2D eigenvalue weighted by molar-refractivity contribution is 14.1. The number of nitrogens with zero attached hydrogens (tertiary/aromatic N) is 1. The molecule has 5 heteroatoms. The molecule has 12 heavy (non-hydrogen) atoms. The Balaban J connectivity index is 3.31. The van der Waals surface area contributed by atoms with Gasteiger partial charge in [-0.05, 0) is 35.1 Å². The first-order chi connectivity index (χ1) is 5.52. The molecule has 0 amide bonds. The van der Waals surface area contributed by atoms with Crippen LogP contribution in [0, 0.1) is 20.6 Å². The summed E-state index contributed by atoms with van der Waals surface area (Å²) in [6.07, 6.45) is 0. The van der Waals surface area contributed by atoms with Gasteiger partial charge in [-0.15, -0.1) is 12.6 Å². The summed E-state index contributed by atoms with van der Waals surface area (Å²) < 4.78 is 0.867. The fourth-order valence-electron chi connectivity index (χ4n) is 0.756. The highest BCUT2D eigenvalue weighted by Gasteiger charge is 2.09. The molecule has 0 unspecified atom stereocenters. The standard InChI is InChI=1S/C7H6INO2S/c1-4-6(8)2-5(9(10)11)3-7(4)12/h2-3,12H,1H3. The Morgan fingerprint density at radius 2 is 2.17 bits per heavy atom. The van der Waals surface area contributed by atoms with Gasteiger partial charge in [0.15, 0.2) is 0 Å². The number of hydrogen-bond donors (Lipinski definition) is 1. The number of halogens is 1. The SMILES string of the molecule is Cc1c(S)cc([N+](=O)[O-])cc1I. The predicted octanol–water partition coefficient (Wildman–Crippen LogP) is 2.80. The van der Waals surface area contributed by atoms with E-state index in [0.29, 0.717) is 4.90 Å². The van der Waals surface area contributed by atoms with Crippen LogP contribution in [0.2, 0.25) is 0 Å². The van der Waals surface area contributed by atoms with E-state index in [-0.39, 0.29) is 5.69 Å². The van der Waals surface area contributed by atoms with Gasteiger partial charge in [-0.3, -0.25) is 10.1 Å². The molecule has 0 spiro atoms. The second-order valence-electron chi connectivity index (χ2n) is 2.33. The van der Waals surface area contributed by atoms with Crippen LogP contribution >= 0.6 is 35.2 Å². The fraction of sp³-hybridized carbons (Fsp3) is 0.143. The lowest BCUT2D eigenvalue weighted by atomic mass is 10.2. The monoisotopic (exact) mass is 295 g/mol. The summed E-state index contributed by atoms with van der Waals surface area (Å²) in [5.41, 5.74) is 1.07. The van der Waals surface area contributed by atoms with Crippen LogP contribution in [0.3, 0.4) is 0 Å². The van der Waals surface area contributed by atoms with Crippen LogP contribution in [0.1, 0.15) is 5.56 Å². The van der Waals surface area contributed by atoms with Gasteiger partial charge in [-0.25, -0.2) is 0 Å². The van der Waals surface area contributed by atoms with Crippen molar-refractivity contribution in [3.63, 3.8) is 0 Å². The maximum Gasteiger partial charge on any atom is 0.271 e. The van der Waals surface area contributed by atoms with Gasteiger partial charge in [0, 0.05) is 20.6 Å². The van der Waals surface area contributed by atoms with Gasteiger partial charge in [-0.2, -0.15) is 0 Å².